The first-order valence-electron chi connectivity index (χ1n) is 9.95. The Hall–Kier alpha value is -2.95. The molecule has 2 bridgehead atoms. The van der Waals surface area contributed by atoms with Crippen LogP contribution in [0.15, 0.2) is 48.5 Å². The van der Waals surface area contributed by atoms with Crippen molar-refractivity contribution in [2.75, 3.05) is 13.2 Å². The summed E-state index contributed by atoms with van der Waals surface area (Å²) in [6, 6.07) is 15.0. The van der Waals surface area contributed by atoms with Crippen molar-refractivity contribution in [3.63, 3.8) is 0 Å². The van der Waals surface area contributed by atoms with E-state index in [0.29, 0.717) is 5.56 Å². The third kappa shape index (κ3) is 4.02. The van der Waals surface area contributed by atoms with Crippen LogP contribution in [0.3, 0.4) is 0 Å². The average Bonchev–Trinajstić information content (AvgIpc) is 2.73. The molecule has 0 radical (unpaired) electrons. The standard InChI is InChI=1S/C23H23FN2O4/c24-21-7-6-16(8-9-25)10-20(21)23(28)11-18-14-29-15-19(12-23)26(18)22(27)30-13-17-4-2-1-3-5-17/h1-7,10,18-19,28H,8,11-15H2. The zero-order valence-corrected chi connectivity index (χ0v) is 16.5. The Morgan fingerprint density at radius 1 is 1.20 bits per heavy atom. The van der Waals surface area contributed by atoms with E-state index in [1.54, 1.807) is 17.0 Å². The minimum absolute atomic E-state index is 0.136. The van der Waals surface area contributed by atoms with Crippen molar-refractivity contribution in [1.29, 1.82) is 5.26 Å². The lowest BCUT2D eigenvalue weighted by Crippen LogP contribution is -2.62. The van der Waals surface area contributed by atoms with Gasteiger partial charge in [-0.3, -0.25) is 4.90 Å². The lowest BCUT2D eigenvalue weighted by atomic mass is 9.76. The van der Waals surface area contributed by atoms with Crippen molar-refractivity contribution >= 4 is 6.09 Å². The number of morpholine rings is 1. The van der Waals surface area contributed by atoms with Crippen molar-refractivity contribution in [2.45, 2.75) is 43.6 Å². The second-order valence-electron chi connectivity index (χ2n) is 7.88. The molecule has 156 valence electrons. The number of piperidine rings is 1. The van der Waals surface area contributed by atoms with Gasteiger partial charge >= 0.3 is 6.09 Å². The molecule has 4 rings (SSSR count). The molecule has 0 saturated carbocycles. The Morgan fingerprint density at radius 2 is 1.90 bits per heavy atom. The van der Waals surface area contributed by atoms with E-state index in [1.165, 1.54) is 6.07 Å². The SMILES string of the molecule is N#CCc1ccc(F)c(C2(O)CC3COCC(C2)N3C(=O)OCc2ccccc2)c1. The van der Waals surface area contributed by atoms with Crippen LogP contribution in [0.5, 0.6) is 0 Å². The molecule has 2 fully saturated rings. The average molecular weight is 410 g/mol. The van der Waals surface area contributed by atoms with Crippen molar-refractivity contribution in [3.05, 3.63) is 71.0 Å². The minimum Gasteiger partial charge on any atom is -0.445 e. The Labute approximate surface area is 174 Å². The maximum Gasteiger partial charge on any atom is 0.410 e. The lowest BCUT2D eigenvalue weighted by Gasteiger charge is -2.51. The fourth-order valence-electron chi connectivity index (χ4n) is 4.42. The molecule has 0 aromatic heterocycles. The quantitative estimate of drug-likeness (QED) is 0.837. The summed E-state index contributed by atoms with van der Waals surface area (Å²) in [5.41, 5.74) is 0.264. The molecule has 2 heterocycles. The van der Waals surface area contributed by atoms with Crippen LogP contribution in [0.4, 0.5) is 9.18 Å². The fraction of sp³-hybridized carbons (Fsp3) is 0.391. The second-order valence-corrected chi connectivity index (χ2v) is 7.88. The highest BCUT2D eigenvalue weighted by molar-refractivity contribution is 5.69. The first kappa shape index (κ1) is 20.3. The topological polar surface area (TPSA) is 82.8 Å². The minimum atomic E-state index is -1.44. The van der Waals surface area contributed by atoms with E-state index < -0.39 is 29.6 Å². The molecule has 0 aliphatic carbocycles. The first-order valence-corrected chi connectivity index (χ1v) is 9.95. The van der Waals surface area contributed by atoms with E-state index in [-0.39, 0.29) is 44.6 Å². The number of nitriles is 1. The molecule has 30 heavy (non-hydrogen) atoms. The lowest BCUT2D eigenvalue weighted by molar-refractivity contribution is -0.137. The molecular weight excluding hydrogens is 387 g/mol. The summed E-state index contributed by atoms with van der Waals surface area (Å²) < 4.78 is 25.7. The van der Waals surface area contributed by atoms with Crippen LogP contribution in [0.25, 0.3) is 0 Å². The summed E-state index contributed by atoms with van der Waals surface area (Å²) >= 11 is 0. The number of carbonyl (C=O) groups is 1. The normalized spacial score (nSPS) is 25.4. The molecule has 2 aromatic carbocycles. The highest BCUT2D eigenvalue weighted by Gasteiger charge is 2.50. The summed E-state index contributed by atoms with van der Waals surface area (Å²) in [5.74, 6) is -0.515. The first-order chi connectivity index (χ1) is 14.5. The Kier molecular flexibility index (Phi) is 5.71. The van der Waals surface area contributed by atoms with E-state index in [1.807, 2.05) is 36.4 Å². The van der Waals surface area contributed by atoms with E-state index in [4.69, 9.17) is 14.7 Å². The molecule has 1 amide bonds. The van der Waals surface area contributed by atoms with E-state index in [2.05, 4.69) is 0 Å². The van der Waals surface area contributed by atoms with Crippen LogP contribution in [0.2, 0.25) is 0 Å². The molecule has 2 saturated heterocycles. The molecule has 2 unspecified atom stereocenters. The number of benzene rings is 2. The molecule has 2 aliphatic rings. The van der Waals surface area contributed by atoms with Gasteiger partial charge in [-0.05, 0) is 23.3 Å². The van der Waals surface area contributed by atoms with Crippen LogP contribution in [-0.4, -0.2) is 41.4 Å². The van der Waals surface area contributed by atoms with Gasteiger partial charge in [-0.1, -0.05) is 36.4 Å². The number of fused-ring (bicyclic) bond motifs is 2. The summed E-state index contributed by atoms with van der Waals surface area (Å²) in [6.45, 7) is 0.656. The third-order valence-electron chi connectivity index (χ3n) is 5.79. The molecule has 2 aliphatic heterocycles. The van der Waals surface area contributed by atoms with Gasteiger partial charge in [0.2, 0.25) is 0 Å². The maximum absolute atomic E-state index is 14.6. The third-order valence-corrected chi connectivity index (χ3v) is 5.79. The van der Waals surface area contributed by atoms with Crippen LogP contribution >= 0.6 is 0 Å². The highest BCUT2D eigenvalue weighted by Crippen LogP contribution is 2.42. The number of carbonyl (C=O) groups excluding carboxylic acids is 1. The van der Waals surface area contributed by atoms with Gasteiger partial charge < -0.3 is 14.6 Å². The molecular formula is C23H23FN2O4. The van der Waals surface area contributed by atoms with Crippen LogP contribution < -0.4 is 0 Å². The van der Waals surface area contributed by atoms with E-state index in [9.17, 15) is 14.3 Å². The van der Waals surface area contributed by atoms with Gasteiger partial charge in [0.1, 0.15) is 12.4 Å². The number of rotatable bonds is 4. The molecule has 2 atom stereocenters. The van der Waals surface area contributed by atoms with Gasteiger partial charge in [-0.2, -0.15) is 5.26 Å². The van der Waals surface area contributed by atoms with Gasteiger partial charge in [0.25, 0.3) is 0 Å². The van der Waals surface area contributed by atoms with Gasteiger partial charge in [-0.25, -0.2) is 9.18 Å². The van der Waals surface area contributed by atoms with Crippen molar-refractivity contribution < 1.29 is 23.8 Å². The number of amides is 1. The summed E-state index contributed by atoms with van der Waals surface area (Å²) in [5, 5.41) is 20.3. The van der Waals surface area contributed by atoms with Crippen molar-refractivity contribution in [1.82, 2.24) is 4.90 Å². The number of hydrogen-bond acceptors (Lipinski definition) is 5. The Morgan fingerprint density at radius 3 is 2.57 bits per heavy atom. The number of halogens is 1. The molecule has 1 N–H and O–H groups in total. The summed E-state index contributed by atoms with van der Waals surface area (Å²) in [4.78, 5) is 14.4. The maximum atomic E-state index is 14.6. The van der Waals surface area contributed by atoms with Gasteiger partial charge in [-0.15, -0.1) is 0 Å². The van der Waals surface area contributed by atoms with Gasteiger partial charge in [0.15, 0.2) is 0 Å². The van der Waals surface area contributed by atoms with Crippen LogP contribution in [-0.2, 0) is 28.1 Å². The van der Waals surface area contributed by atoms with E-state index in [0.717, 1.165) is 5.56 Å². The number of ether oxygens (including phenoxy) is 2. The summed E-state index contributed by atoms with van der Waals surface area (Å²) in [6.07, 6.45) is -0.0525. The van der Waals surface area contributed by atoms with E-state index >= 15 is 0 Å². The zero-order chi connectivity index (χ0) is 21.1. The van der Waals surface area contributed by atoms with Gasteiger partial charge in [0, 0.05) is 18.4 Å². The predicted octanol–water partition coefficient (Wildman–Crippen LogP) is 3.28. The zero-order valence-electron chi connectivity index (χ0n) is 16.5. The van der Waals surface area contributed by atoms with Crippen molar-refractivity contribution in [3.8, 4) is 6.07 Å². The summed E-state index contributed by atoms with van der Waals surface area (Å²) in [7, 11) is 0. The largest absolute Gasteiger partial charge is 0.445 e. The van der Waals surface area contributed by atoms with Crippen LogP contribution in [0.1, 0.15) is 29.5 Å². The van der Waals surface area contributed by atoms with Crippen LogP contribution in [0, 0.1) is 17.1 Å². The number of aliphatic hydroxyl groups is 1. The molecule has 6 nitrogen and oxygen atoms in total. The Bertz CT molecular complexity index is 945. The highest BCUT2D eigenvalue weighted by atomic mass is 19.1. The smallest absolute Gasteiger partial charge is 0.410 e. The Balaban J connectivity index is 1.52. The molecule has 7 heteroatoms. The molecule has 2 aromatic rings. The van der Waals surface area contributed by atoms with Gasteiger partial charge in [0.05, 0.1) is 43.4 Å². The fourth-order valence-corrected chi connectivity index (χ4v) is 4.42. The second kappa shape index (κ2) is 8.42. The van der Waals surface area contributed by atoms with Crippen molar-refractivity contribution in [2.24, 2.45) is 0 Å². The molecule has 0 spiro atoms. The monoisotopic (exact) mass is 410 g/mol. The number of hydrogen-bond donors (Lipinski definition) is 1. The number of nitrogens with zero attached hydrogens (tertiary/aromatic N) is 2. The predicted molar refractivity (Wildman–Crippen MR) is 106 cm³/mol.